The lowest BCUT2D eigenvalue weighted by Gasteiger charge is -2.23. The summed E-state index contributed by atoms with van der Waals surface area (Å²) in [7, 11) is -3.50. The summed E-state index contributed by atoms with van der Waals surface area (Å²) in [6.45, 7) is 1.05. The van der Waals surface area contributed by atoms with Gasteiger partial charge in [-0.05, 0) is 43.5 Å². The lowest BCUT2D eigenvalue weighted by molar-refractivity contribution is 0.383. The summed E-state index contributed by atoms with van der Waals surface area (Å²) >= 11 is 0. The SMILES string of the molecule is Cl.O=S(=O)(c1ccc(F)cc1)N1CCC2CCC(C1)N2. The number of hydrogen-bond donors (Lipinski definition) is 1. The standard InChI is InChI=1S/C13H17FN2O2S.ClH/c14-10-1-5-13(6-2-10)19(17,18)16-8-7-11-3-4-12(9-16)15-11;/h1-2,5-6,11-12,15H,3-4,7-9H2;1H. The van der Waals surface area contributed by atoms with Gasteiger partial charge in [0.15, 0.2) is 0 Å². The lowest BCUT2D eigenvalue weighted by Crippen LogP contribution is -2.39. The van der Waals surface area contributed by atoms with E-state index in [1.54, 1.807) is 0 Å². The molecule has 0 saturated carbocycles. The summed E-state index contributed by atoms with van der Waals surface area (Å²) in [6.07, 6.45) is 3.01. The van der Waals surface area contributed by atoms with E-state index in [1.807, 2.05) is 0 Å². The molecule has 0 radical (unpaired) electrons. The number of benzene rings is 1. The van der Waals surface area contributed by atoms with Gasteiger partial charge >= 0.3 is 0 Å². The van der Waals surface area contributed by atoms with Gasteiger partial charge in [-0.25, -0.2) is 12.8 Å². The predicted molar refractivity (Wildman–Crippen MR) is 77.0 cm³/mol. The van der Waals surface area contributed by atoms with Crippen molar-refractivity contribution in [1.82, 2.24) is 9.62 Å². The van der Waals surface area contributed by atoms with Crippen LogP contribution in [0, 0.1) is 5.82 Å². The molecule has 2 saturated heterocycles. The van der Waals surface area contributed by atoms with E-state index in [2.05, 4.69) is 5.32 Å². The molecule has 1 N–H and O–H groups in total. The van der Waals surface area contributed by atoms with Crippen molar-refractivity contribution in [1.29, 1.82) is 0 Å². The molecule has 112 valence electrons. The van der Waals surface area contributed by atoms with Gasteiger partial charge in [0.2, 0.25) is 10.0 Å². The van der Waals surface area contributed by atoms with Crippen LogP contribution in [0.3, 0.4) is 0 Å². The van der Waals surface area contributed by atoms with Gasteiger partial charge in [-0.3, -0.25) is 0 Å². The molecule has 0 aromatic heterocycles. The summed E-state index contributed by atoms with van der Waals surface area (Å²) < 4.78 is 39.4. The highest BCUT2D eigenvalue weighted by molar-refractivity contribution is 7.89. The minimum atomic E-state index is -3.50. The van der Waals surface area contributed by atoms with Crippen LogP contribution in [-0.2, 0) is 10.0 Å². The molecule has 2 aliphatic rings. The molecule has 2 fully saturated rings. The largest absolute Gasteiger partial charge is 0.310 e. The molecule has 3 rings (SSSR count). The molecule has 20 heavy (non-hydrogen) atoms. The second-order valence-electron chi connectivity index (χ2n) is 5.24. The van der Waals surface area contributed by atoms with Crippen molar-refractivity contribution in [3.8, 4) is 0 Å². The van der Waals surface area contributed by atoms with Crippen LogP contribution in [0.2, 0.25) is 0 Å². The summed E-state index contributed by atoms with van der Waals surface area (Å²) in [6, 6.07) is 5.74. The third kappa shape index (κ3) is 2.98. The molecule has 2 heterocycles. The average Bonchev–Trinajstić information content (AvgIpc) is 2.69. The maximum Gasteiger partial charge on any atom is 0.243 e. The highest BCUT2D eigenvalue weighted by Crippen LogP contribution is 2.25. The molecule has 0 aliphatic carbocycles. The Morgan fingerprint density at radius 3 is 2.45 bits per heavy atom. The second-order valence-corrected chi connectivity index (χ2v) is 7.18. The fourth-order valence-electron chi connectivity index (χ4n) is 2.88. The minimum Gasteiger partial charge on any atom is -0.310 e. The van der Waals surface area contributed by atoms with E-state index in [0.29, 0.717) is 19.1 Å². The highest BCUT2D eigenvalue weighted by atomic mass is 35.5. The number of nitrogens with one attached hydrogen (secondary N) is 1. The van der Waals surface area contributed by atoms with E-state index < -0.39 is 15.8 Å². The van der Waals surface area contributed by atoms with Gasteiger partial charge in [-0.15, -0.1) is 12.4 Å². The smallest absolute Gasteiger partial charge is 0.243 e. The van der Waals surface area contributed by atoms with E-state index in [1.165, 1.54) is 28.6 Å². The van der Waals surface area contributed by atoms with Crippen molar-refractivity contribution in [3.63, 3.8) is 0 Å². The molecule has 2 unspecified atom stereocenters. The Bertz CT molecular complexity index is 564. The maximum atomic E-state index is 12.9. The van der Waals surface area contributed by atoms with Gasteiger partial charge in [0.05, 0.1) is 4.90 Å². The number of hydrogen-bond acceptors (Lipinski definition) is 3. The van der Waals surface area contributed by atoms with Crippen LogP contribution in [0.4, 0.5) is 4.39 Å². The normalized spacial score (nSPS) is 26.9. The molecule has 1 aromatic carbocycles. The van der Waals surface area contributed by atoms with Gasteiger partial charge in [-0.2, -0.15) is 4.31 Å². The van der Waals surface area contributed by atoms with Crippen LogP contribution < -0.4 is 5.32 Å². The Balaban J connectivity index is 0.00000147. The van der Waals surface area contributed by atoms with Crippen molar-refractivity contribution in [2.75, 3.05) is 13.1 Å². The molecule has 2 aliphatic heterocycles. The number of fused-ring (bicyclic) bond motifs is 2. The number of rotatable bonds is 2. The Hall–Kier alpha value is -0.690. The Labute approximate surface area is 124 Å². The van der Waals surface area contributed by atoms with Crippen molar-refractivity contribution in [3.05, 3.63) is 30.1 Å². The predicted octanol–water partition coefficient (Wildman–Crippen LogP) is 1.76. The van der Waals surface area contributed by atoms with Crippen molar-refractivity contribution < 1.29 is 12.8 Å². The Kier molecular flexibility index (Phi) is 4.69. The molecule has 7 heteroatoms. The van der Waals surface area contributed by atoms with E-state index >= 15 is 0 Å². The zero-order chi connectivity index (χ0) is 13.5. The zero-order valence-corrected chi connectivity index (χ0v) is 12.6. The van der Waals surface area contributed by atoms with Crippen LogP contribution in [-0.4, -0.2) is 37.9 Å². The third-order valence-electron chi connectivity index (χ3n) is 3.94. The second kappa shape index (κ2) is 5.97. The molecule has 2 atom stereocenters. The summed E-state index contributed by atoms with van der Waals surface area (Å²) in [5, 5.41) is 3.45. The van der Waals surface area contributed by atoms with Crippen LogP contribution in [0.5, 0.6) is 0 Å². The van der Waals surface area contributed by atoms with Gasteiger partial charge in [-0.1, -0.05) is 0 Å². The minimum absolute atomic E-state index is 0. The molecular formula is C13H18ClFN2O2S. The molecular weight excluding hydrogens is 303 g/mol. The Morgan fingerprint density at radius 2 is 1.75 bits per heavy atom. The molecule has 1 aromatic rings. The summed E-state index contributed by atoms with van der Waals surface area (Å²) in [4.78, 5) is 0.173. The topological polar surface area (TPSA) is 49.4 Å². The monoisotopic (exact) mass is 320 g/mol. The summed E-state index contributed by atoms with van der Waals surface area (Å²) in [5.74, 6) is -0.421. The van der Waals surface area contributed by atoms with Crippen molar-refractivity contribution in [2.24, 2.45) is 0 Å². The van der Waals surface area contributed by atoms with Crippen LogP contribution in [0.25, 0.3) is 0 Å². The first-order valence-corrected chi connectivity index (χ1v) is 8.01. The molecule has 0 spiro atoms. The average molecular weight is 321 g/mol. The van der Waals surface area contributed by atoms with Gasteiger partial charge in [0.25, 0.3) is 0 Å². The van der Waals surface area contributed by atoms with Crippen molar-refractivity contribution >= 4 is 22.4 Å². The van der Waals surface area contributed by atoms with E-state index in [0.717, 1.165) is 19.3 Å². The first kappa shape index (κ1) is 15.7. The van der Waals surface area contributed by atoms with Gasteiger partial charge < -0.3 is 5.32 Å². The number of nitrogens with zero attached hydrogens (tertiary/aromatic N) is 1. The maximum absolute atomic E-state index is 12.9. The zero-order valence-electron chi connectivity index (χ0n) is 11.0. The molecule has 0 amide bonds. The fourth-order valence-corrected chi connectivity index (χ4v) is 4.39. The number of sulfonamides is 1. The van der Waals surface area contributed by atoms with E-state index in [-0.39, 0.29) is 23.3 Å². The van der Waals surface area contributed by atoms with E-state index in [9.17, 15) is 12.8 Å². The van der Waals surface area contributed by atoms with Crippen LogP contribution in [0.15, 0.2) is 29.2 Å². The van der Waals surface area contributed by atoms with Crippen LogP contribution >= 0.6 is 12.4 Å². The Morgan fingerprint density at radius 1 is 1.10 bits per heavy atom. The first-order valence-electron chi connectivity index (χ1n) is 6.57. The highest BCUT2D eigenvalue weighted by Gasteiger charge is 2.34. The van der Waals surface area contributed by atoms with Crippen LogP contribution in [0.1, 0.15) is 19.3 Å². The van der Waals surface area contributed by atoms with Gasteiger partial charge in [0.1, 0.15) is 5.82 Å². The quantitative estimate of drug-likeness (QED) is 0.903. The summed E-state index contributed by atoms with van der Waals surface area (Å²) in [5.41, 5.74) is 0. The first-order chi connectivity index (χ1) is 9.05. The number of halogens is 2. The van der Waals surface area contributed by atoms with Crippen molar-refractivity contribution in [2.45, 2.75) is 36.2 Å². The van der Waals surface area contributed by atoms with E-state index in [4.69, 9.17) is 0 Å². The fraction of sp³-hybridized carbons (Fsp3) is 0.538. The molecule has 4 nitrogen and oxygen atoms in total. The molecule has 2 bridgehead atoms. The third-order valence-corrected chi connectivity index (χ3v) is 5.82. The van der Waals surface area contributed by atoms with Gasteiger partial charge in [0, 0.05) is 25.2 Å². The lowest BCUT2D eigenvalue weighted by atomic mass is 10.1.